The summed E-state index contributed by atoms with van der Waals surface area (Å²) in [6.45, 7) is 3.45. The molecule has 0 unspecified atom stereocenters. The molecule has 0 amide bonds. The van der Waals surface area contributed by atoms with Crippen LogP contribution in [0.4, 0.5) is 4.39 Å². The van der Waals surface area contributed by atoms with Crippen molar-refractivity contribution in [2.45, 2.75) is 45.6 Å². The molecule has 0 aliphatic heterocycles. The number of carbonyl (C=O) groups is 1. The number of nitrogens with zero attached hydrogens (tertiary/aromatic N) is 2. The van der Waals surface area contributed by atoms with Crippen molar-refractivity contribution in [2.75, 3.05) is 26.9 Å². The minimum atomic E-state index is -0.930. The number of aryl methyl sites for hydroxylation is 1. The van der Waals surface area contributed by atoms with Gasteiger partial charge in [-0.1, -0.05) is 36.4 Å². The maximum Gasteiger partial charge on any atom is 0.329 e. The van der Waals surface area contributed by atoms with Crippen molar-refractivity contribution in [1.82, 2.24) is 9.78 Å². The van der Waals surface area contributed by atoms with Crippen molar-refractivity contribution in [3.63, 3.8) is 0 Å². The zero-order chi connectivity index (χ0) is 25.5. The molecule has 1 aliphatic carbocycles. The first kappa shape index (κ1) is 26.0. The van der Waals surface area contributed by atoms with Gasteiger partial charge in [0.1, 0.15) is 18.1 Å². The summed E-state index contributed by atoms with van der Waals surface area (Å²) in [5, 5.41) is 13.8. The molecule has 0 atom stereocenters. The maximum absolute atomic E-state index is 15.2. The first-order chi connectivity index (χ1) is 17.5. The van der Waals surface area contributed by atoms with E-state index in [9.17, 15) is 4.79 Å². The predicted molar refractivity (Wildman–Crippen MR) is 137 cm³/mol. The van der Waals surface area contributed by atoms with E-state index in [1.165, 1.54) is 0 Å². The Morgan fingerprint density at radius 1 is 1.11 bits per heavy atom. The number of hydrogen-bond donors (Lipinski definition) is 1. The number of hydrogen-bond acceptors (Lipinski definition) is 4. The van der Waals surface area contributed by atoms with Crippen LogP contribution in [0.3, 0.4) is 0 Å². The highest BCUT2D eigenvalue weighted by Gasteiger charge is 2.26. The van der Waals surface area contributed by atoms with Crippen LogP contribution in [-0.2, 0) is 27.2 Å². The van der Waals surface area contributed by atoms with E-state index in [1.807, 2.05) is 37.3 Å². The van der Waals surface area contributed by atoms with Crippen LogP contribution < -0.4 is 0 Å². The Hall–Kier alpha value is -3.03. The highest BCUT2D eigenvalue weighted by Crippen LogP contribution is 2.38. The molecule has 2 aromatic carbocycles. The van der Waals surface area contributed by atoms with Crippen molar-refractivity contribution < 1.29 is 23.8 Å². The molecule has 1 aromatic heterocycles. The lowest BCUT2D eigenvalue weighted by atomic mass is 9.82. The van der Waals surface area contributed by atoms with Gasteiger partial charge in [0.15, 0.2) is 0 Å². The fourth-order valence-corrected chi connectivity index (χ4v) is 5.15. The van der Waals surface area contributed by atoms with Gasteiger partial charge in [0, 0.05) is 36.9 Å². The molecule has 0 radical (unpaired) electrons. The van der Waals surface area contributed by atoms with Crippen LogP contribution in [0.2, 0.25) is 0 Å². The molecule has 0 spiro atoms. The van der Waals surface area contributed by atoms with E-state index >= 15 is 4.39 Å². The summed E-state index contributed by atoms with van der Waals surface area (Å²) in [6, 6.07) is 15.4. The van der Waals surface area contributed by atoms with E-state index < -0.39 is 5.97 Å². The molecule has 1 heterocycles. The van der Waals surface area contributed by atoms with Crippen molar-refractivity contribution in [2.24, 2.45) is 11.8 Å². The van der Waals surface area contributed by atoms with Crippen LogP contribution in [0.25, 0.3) is 22.4 Å². The van der Waals surface area contributed by atoms with Gasteiger partial charge in [-0.15, -0.1) is 0 Å². The molecular weight excluding hydrogens is 459 g/mol. The molecule has 1 N–H and O–H groups in total. The lowest BCUT2D eigenvalue weighted by molar-refractivity contribution is -0.142. The van der Waals surface area contributed by atoms with Crippen molar-refractivity contribution in [3.05, 3.63) is 65.6 Å². The molecular formula is C29H35FN2O4. The average Bonchev–Trinajstić information content (AvgIpc) is 3.21. The first-order valence-electron chi connectivity index (χ1n) is 12.7. The van der Waals surface area contributed by atoms with Crippen LogP contribution in [0, 0.1) is 24.6 Å². The zero-order valence-electron chi connectivity index (χ0n) is 21.1. The fraction of sp³-hybridized carbons (Fsp3) is 0.448. The topological polar surface area (TPSA) is 73.6 Å². The van der Waals surface area contributed by atoms with Gasteiger partial charge in [-0.25, -0.2) is 9.18 Å². The van der Waals surface area contributed by atoms with Crippen molar-refractivity contribution >= 4 is 5.97 Å². The lowest BCUT2D eigenvalue weighted by Crippen LogP contribution is -2.24. The van der Waals surface area contributed by atoms with Gasteiger partial charge in [0.25, 0.3) is 0 Å². The highest BCUT2D eigenvalue weighted by atomic mass is 19.1. The predicted octanol–water partition coefficient (Wildman–Crippen LogP) is 5.76. The molecule has 0 saturated heterocycles. The first-order valence-corrected chi connectivity index (χ1v) is 12.7. The fourth-order valence-electron chi connectivity index (χ4n) is 5.15. The van der Waals surface area contributed by atoms with Gasteiger partial charge in [0.05, 0.1) is 13.2 Å². The maximum atomic E-state index is 15.2. The SMILES string of the molecule is COCCc1c(-c2ccccc2)c(-c2ccc(C)cc2F)nn1C[C@H]1CC[C@H](COCC(=O)O)CC1. The Morgan fingerprint density at radius 3 is 2.50 bits per heavy atom. The summed E-state index contributed by atoms with van der Waals surface area (Å²) in [5.74, 6) is -0.359. The number of benzene rings is 2. The van der Waals surface area contributed by atoms with Crippen LogP contribution in [0.1, 0.15) is 36.9 Å². The second-order valence-corrected chi connectivity index (χ2v) is 9.74. The monoisotopic (exact) mass is 494 g/mol. The third-order valence-corrected chi connectivity index (χ3v) is 7.02. The smallest absolute Gasteiger partial charge is 0.329 e. The van der Waals surface area contributed by atoms with E-state index in [4.69, 9.17) is 19.7 Å². The Morgan fingerprint density at radius 2 is 1.83 bits per heavy atom. The van der Waals surface area contributed by atoms with Crippen LogP contribution in [0.15, 0.2) is 48.5 Å². The third kappa shape index (κ3) is 6.39. The van der Waals surface area contributed by atoms with Gasteiger partial charge in [0.2, 0.25) is 0 Å². The van der Waals surface area contributed by atoms with Gasteiger partial charge < -0.3 is 14.6 Å². The molecule has 1 saturated carbocycles. The Bertz CT molecular complexity index is 1150. The van der Waals surface area contributed by atoms with E-state index in [2.05, 4.69) is 16.8 Å². The largest absolute Gasteiger partial charge is 0.480 e. The molecule has 192 valence electrons. The number of aromatic nitrogens is 2. The van der Waals surface area contributed by atoms with Crippen LogP contribution >= 0.6 is 0 Å². The van der Waals surface area contributed by atoms with E-state index in [0.717, 1.165) is 54.6 Å². The summed E-state index contributed by atoms with van der Waals surface area (Å²) in [7, 11) is 1.69. The van der Waals surface area contributed by atoms with Gasteiger partial charge in [-0.2, -0.15) is 5.10 Å². The Labute approximate surface area is 212 Å². The molecule has 6 nitrogen and oxygen atoms in total. The third-order valence-electron chi connectivity index (χ3n) is 7.02. The average molecular weight is 495 g/mol. The minimum Gasteiger partial charge on any atom is -0.480 e. The number of halogens is 1. The quantitative estimate of drug-likeness (QED) is 0.367. The van der Waals surface area contributed by atoms with Gasteiger partial charge >= 0.3 is 5.97 Å². The molecule has 0 bridgehead atoms. The summed E-state index contributed by atoms with van der Waals surface area (Å²) < 4.78 is 28.0. The number of aliphatic carboxylic acids is 1. The highest BCUT2D eigenvalue weighted by molar-refractivity contribution is 5.83. The van der Waals surface area contributed by atoms with Crippen LogP contribution in [-0.4, -0.2) is 47.8 Å². The molecule has 3 aromatic rings. The molecule has 36 heavy (non-hydrogen) atoms. The number of methoxy groups -OCH3 is 1. The summed E-state index contributed by atoms with van der Waals surface area (Å²) >= 11 is 0. The van der Waals surface area contributed by atoms with E-state index in [-0.39, 0.29) is 12.4 Å². The zero-order valence-corrected chi connectivity index (χ0v) is 21.1. The lowest BCUT2D eigenvalue weighted by Gasteiger charge is -2.28. The standard InChI is InChI=1S/C29H35FN2O4/c1-20-8-13-24(25(30)16-20)29-28(23-6-4-3-5-7-23)26(14-15-35-2)32(31-29)17-21-9-11-22(12-10-21)18-36-19-27(33)34/h3-8,13,16,21-22H,9-12,14-15,17-19H2,1-2H3,(H,33,34)/t21-,22-. The summed E-state index contributed by atoms with van der Waals surface area (Å²) in [5.41, 5.74) is 5.09. The normalized spacial score (nSPS) is 17.9. The van der Waals surface area contributed by atoms with Crippen LogP contribution in [0.5, 0.6) is 0 Å². The van der Waals surface area contributed by atoms with Gasteiger partial charge in [-0.3, -0.25) is 4.68 Å². The molecule has 4 rings (SSSR count). The van der Waals surface area contributed by atoms with Gasteiger partial charge in [-0.05, 0) is 67.7 Å². The van der Waals surface area contributed by atoms with E-state index in [1.54, 1.807) is 13.2 Å². The summed E-state index contributed by atoms with van der Waals surface area (Å²) in [6.07, 6.45) is 4.74. The minimum absolute atomic E-state index is 0.239. The van der Waals surface area contributed by atoms with Crippen molar-refractivity contribution in [1.29, 1.82) is 0 Å². The Balaban J connectivity index is 1.63. The number of carboxylic acid groups (broad SMARTS) is 1. The number of rotatable bonds is 11. The second kappa shape index (κ2) is 12.3. The van der Waals surface area contributed by atoms with Crippen molar-refractivity contribution in [3.8, 4) is 22.4 Å². The Kier molecular flexibility index (Phi) is 8.88. The molecule has 1 aliphatic rings. The summed E-state index contributed by atoms with van der Waals surface area (Å²) in [4.78, 5) is 10.7. The number of ether oxygens (including phenoxy) is 2. The second-order valence-electron chi connectivity index (χ2n) is 9.74. The van der Waals surface area contributed by atoms with E-state index in [0.29, 0.717) is 42.7 Å². The molecule has 1 fully saturated rings. The number of carboxylic acids is 1. The molecule has 7 heteroatoms.